The molecule has 2 aromatic carbocycles. The van der Waals surface area contributed by atoms with Crippen molar-refractivity contribution in [1.29, 1.82) is 0 Å². The van der Waals surface area contributed by atoms with Crippen LogP contribution in [0.15, 0.2) is 35.2 Å². The van der Waals surface area contributed by atoms with Gasteiger partial charge in [-0.3, -0.25) is 0 Å². The first-order valence-electron chi connectivity index (χ1n) is 6.11. The Labute approximate surface area is 118 Å². The van der Waals surface area contributed by atoms with E-state index in [0.717, 1.165) is 10.8 Å². The molecule has 0 aliphatic rings. The van der Waals surface area contributed by atoms with E-state index in [1.165, 1.54) is 0 Å². The molecule has 0 amide bonds. The van der Waals surface area contributed by atoms with Gasteiger partial charge in [-0.25, -0.2) is 8.42 Å². The fourth-order valence-corrected chi connectivity index (χ4v) is 3.23. The van der Waals surface area contributed by atoms with Crippen LogP contribution in [0.25, 0.3) is 10.8 Å². The molecule has 2 rings (SSSR count). The third-order valence-corrected chi connectivity index (χ3v) is 4.82. The van der Waals surface area contributed by atoms with E-state index in [4.69, 9.17) is 15.2 Å². The van der Waals surface area contributed by atoms with Crippen LogP contribution in [0.3, 0.4) is 0 Å². The molecule has 0 saturated carbocycles. The van der Waals surface area contributed by atoms with E-state index in [2.05, 4.69) is 0 Å². The van der Waals surface area contributed by atoms with Crippen LogP contribution in [0.1, 0.15) is 0 Å². The van der Waals surface area contributed by atoms with E-state index < -0.39 is 9.84 Å². The van der Waals surface area contributed by atoms with Crippen molar-refractivity contribution in [3.8, 4) is 11.5 Å². The van der Waals surface area contributed by atoms with E-state index in [-0.39, 0.29) is 17.2 Å². The summed E-state index contributed by atoms with van der Waals surface area (Å²) in [6.07, 6.45) is 0. The molecular weight excluding hydrogens is 278 g/mol. The van der Waals surface area contributed by atoms with Crippen LogP contribution < -0.4 is 15.2 Å². The van der Waals surface area contributed by atoms with Gasteiger partial charge < -0.3 is 15.2 Å². The SMILES string of the molecule is COc1ccc2cc(S(=O)(=O)CCN)ccc2c1OC. The number of fused-ring (bicyclic) bond motifs is 1. The zero-order valence-electron chi connectivity index (χ0n) is 11.4. The summed E-state index contributed by atoms with van der Waals surface area (Å²) in [6, 6.07) is 8.47. The molecule has 0 bridgehead atoms. The minimum Gasteiger partial charge on any atom is -0.493 e. The van der Waals surface area contributed by atoms with Crippen LogP contribution in [0.2, 0.25) is 0 Å². The van der Waals surface area contributed by atoms with Gasteiger partial charge in [-0.2, -0.15) is 0 Å². The lowest BCUT2D eigenvalue weighted by molar-refractivity contribution is 0.358. The van der Waals surface area contributed by atoms with E-state index in [0.29, 0.717) is 11.5 Å². The van der Waals surface area contributed by atoms with E-state index in [1.54, 1.807) is 44.6 Å². The van der Waals surface area contributed by atoms with E-state index in [1.807, 2.05) is 0 Å². The zero-order valence-corrected chi connectivity index (χ0v) is 12.2. The average molecular weight is 295 g/mol. The minimum absolute atomic E-state index is 0.0637. The quantitative estimate of drug-likeness (QED) is 0.906. The highest BCUT2D eigenvalue weighted by Crippen LogP contribution is 2.36. The van der Waals surface area contributed by atoms with Crippen molar-refractivity contribution < 1.29 is 17.9 Å². The van der Waals surface area contributed by atoms with E-state index >= 15 is 0 Å². The highest BCUT2D eigenvalue weighted by Gasteiger charge is 2.15. The smallest absolute Gasteiger partial charge is 0.179 e. The molecule has 0 atom stereocenters. The lowest BCUT2D eigenvalue weighted by Gasteiger charge is -2.11. The number of ether oxygens (including phenoxy) is 2. The van der Waals surface area contributed by atoms with Crippen LogP contribution in [0.4, 0.5) is 0 Å². The summed E-state index contributed by atoms with van der Waals surface area (Å²) in [5.74, 6) is 1.14. The second-order valence-electron chi connectivity index (χ2n) is 4.29. The van der Waals surface area contributed by atoms with Crippen molar-refractivity contribution in [1.82, 2.24) is 0 Å². The Kier molecular flexibility index (Phi) is 4.15. The van der Waals surface area contributed by atoms with E-state index in [9.17, 15) is 8.42 Å². The van der Waals surface area contributed by atoms with Gasteiger partial charge in [0, 0.05) is 11.9 Å². The van der Waals surface area contributed by atoms with Crippen LogP contribution in [0.5, 0.6) is 11.5 Å². The number of nitrogens with two attached hydrogens (primary N) is 1. The lowest BCUT2D eigenvalue weighted by Crippen LogP contribution is -2.15. The van der Waals surface area contributed by atoms with Crippen molar-refractivity contribution in [2.45, 2.75) is 4.90 Å². The topological polar surface area (TPSA) is 78.6 Å². The predicted octanol–water partition coefficient (Wildman–Crippen LogP) is 1.59. The second kappa shape index (κ2) is 5.68. The Morgan fingerprint density at radius 1 is 1.10 bits per heavy atom. The lowest BCUT2D eigenvalue weighted by atomic mass is 10.1. The summed E-state index contributed by atoms with van der Waals surface area (Å²) in [4.78, 5) is 0.266. The summed E-state index contributed by atoms with van der Waals surface area (Å²) in [5, 5.41) is 1.58. The molecule has 6 heteroatoms. The summed E-state index contributed by atoms with van der Waals surface area (Å²) in [7, 11) is -0.223. The number of methoxy groups -OCH3 is 2. The van der Waals surface area contributed by atoms with Gasteiger partial charge in [-0.15, -0.1) is 0 Å². The largest absolute Gasteiger partial charge is 0.493 e. The molecule has 0 spiro atoms. The van der Waals surface area contributed by atoms with Crippen molar-refractivity contribution in [2.24, 2.45) is 5.73 Å². The monoisotopic (exact) mass is 295 g/mol. The van der Waals surface area contributed by atoms with Crippen LogP contribution in [-0.4, -0.2) is 34.9 Å². The highest BCUT2D eigenvalue weighted by atomic mass is 32.2. The Bertz CT molecular complexity index is 725. The van der Waals surface area contributed by atoms with Gasteiger partial charge in [-0.05, 0) is 29.7 Å². The molecule has 0 heterocycles. The predicted molar refractivity (Wildman–Crippen MR) is 78.2 cm³/mol. The molecule has 108 valence electrons. The number of hydrogen-bond acceptors (Lipinski definition) is 5. The normalized spacial score (nSPS) is 11.6. The van der Waals surface area contributed by atoms with Crippen molar-refractivity contribution in [3.63, 3.8) is 0 Å². The molecule has 0 saturated heterocycles. The molecule has 0 unspecified atom stereocenters. The maximum atomic E-state index is 12.0. The van der Waals surface area contributed by atoms with Gasteiger partial charge >= 0.3 is 0 Å². The summed E-state index contributed by atoms with van der Waals surface area (Å²) in [6.45, 7) is 0.103. The van der Waals surface area contributed by atoms with Gasteiger partial charge in [0.2, 0.25) is 0 Å². The van der Waals surface area contributed by atoms with Gasteiger partial charge in [0.15, 0.2) is 21.3 Å². The maximum absolute atomic E-state index is 12.0. The number of benzene rings is 2. The number of hydrogen-bond donors (Lipinski definition) is 1. The van der Waals surface area contributed by atoms with Gasteiger partial charge in [0.05, 0.1) is 24.9 Å². The number of sulfone groups is 1. The molecule has 0 aromatic heterocycles. The van der Waals surface area contributed by atoms with Crippen molar-refractivity contribution in [3.05, 3.63) is 30.3 Å². The molecular formula is C14H17NO4S. The molecule has 2 aromatic rings. The van der Waals surface area contributed by atoms with Crippen LogP contribution in [-0.2, 0) is 9.84 Å². The Balaban J connectivity index is 2.63. The number of rotatable bonds is 5. The average Bonchev–Trinajstić information content (AvgIpc) is 2.45. The first-order chi connectivity index (χ1) is 9.53. The maximum Gasteiger partial charge on any atom is 0.179 e. The first kappa shape index (κ1) is 14.6. The van der Waals surface area contributed by atoms with Crippen molar-refractivity contribution in [2.75, 3.05) is 26.5 Å². The third kappa shape index (κ3) is 2.57. The highest BCUT2D eigenvalue weighted by molar-refractivity contribution is 7.91. The Hall–Kier alpha value is -1.79. The van der Waals surface area contributed by atoms with Gasteiger partial charge in [-0.1, -0.05) is 6.07 Å². The fourth-order valence-electron chi connectivity index (χ4n) is 2.10. The Morgan fingerprint density at radius 3 is 2.45 bits per heavy atom. The second-order valence-corrected chi connectivity index (χ2v) is 6.40. The molecule has 0 fully saturated rings. The molecule has 2 N–H and O–H groups in total. The van der Waals surface area contributed by atoms with Gasteiger partial charge in [0.1, 0.15) is 0 Å². The summed E-state index contributed by atoms with van der Waals surface area (Å²) in [5.41, 5.74) is 5.33. The van der Waals surface area contributed by atoms with Crippen molar-refractivity contribution >= 4 is 20.6 Å². The molecule has 0 aliphatic carbocycles. The van der Waals surface area contributed by atoms with Crippen LogP contribution in [0, 0.1) is 0 Å². The Morgan fingerprint density at radius 2 is 1.85 bits per heavy atom. The summed E-state index contributed by atoms with van der Waals surface area (Å²) < 4.78 is 34.6. The molecule has 5 nitrogen and oxygen atoms in total. The molecule has 0 radical (unpaired) electrons. The summed E-state index contributed by atoms with van der Waals surface area (Å²) >= 11 is 0. The standard InChI is InChI=1S/C14H17NO4S/c1-18-13-6-3-10-9-11(20(16,17)8-7-15)4-5-12(10)14(13)19-2/h3-6,9H,7-8,15H2,1-2H3. The van der Waals surface area contributed by atoms with Crippen LogP contribution >= 0.6 is 0 Å². The molecule has 0 aliphatic heterocycles. The molecule has 20 heavy (non-hydrogen) atoms. The minimum atomic E-state index is -3.33. The zero-order chi connectivity index (χ0) is 14.8. The van der Waals surface area contributed by atoms with Gasteiger partial charge in [0.25, 0.3) is 0 Å². The first-order valence-corrected chi connectivity index (χ1v) is 7.76. The third-order valence-electron chi connectivity index (χ3n) is 3.08. The fraction of sp³-hybridized carbons (Fsp3) is 0.286.